The van der Waals surface area contributed by atoms with Gasteiger partial charge in [-0.1, -0.05) is 13.3 Å². The van der Waals surface area contributed by atoms with Crippen LogP contribution in [0, 0.1) is 0 Å². The van der Waals surface area contributed by atoms with E-state index >= 15 is 0 Å². The smallest absolute Gasteiger partial charge is 0.183 e. The number of hydrogen-bond acceptors (Lipinski definition) is 2. The van der Waals surface area contributed by atoms with E-state index in [0.29, 0.717) is 0 Å². The fraction of sp³-hybridized carbons (Fsp3) is 1.00. The lowest BCUT2D eigenvalue weighted by molar-refractivity contribution is 0.0959. The Morgan fingerprint density at radius 2 is 1.67 bits per heavy atom. The summed E-state index contributed by atoms with van der Waals surface area (Å²) in [5.41, 5.74) is 0. The van der Waals surface area contributed by atoms with Crippen molar-refractivity contribution in [2.24, 2.45) is 0 Å². The first-order chi connectivity index (χ1) is 5.56. The van der Waals surface area contributed by atoms with Gasteiger partial charge in [-0.2, -0.15) is 0 Å². The van der Waals surface area contributed by atoms with Crippen molar-refractivity contribution in [3.05, 3.63) is 0 Å². The molecule has 2 nitrogen and oxygen atoms in total. The molecular formula is C9H22O2Si. The van der Waals surface area contributed by atoms with Gasteiger partial charge in [0.2, 0.25) is 0 Å². The molecule has 0 unspecified atom stereocenters. The molecule has 12 heavy (non-hydrogen) atoms. The Balaban J connectivity index is 3.01. The van der Waals surface area contributed by atoms with Crippen LogP contribution in [0.3, 0.4) is 0 Å². The van der Waals surface area contributed by atoms with E-state index in [0.717, 1.165) is 26.2 Å². The number of hydrogen-bond donors (Lipinski definition) is 0. The van der Waals surface area contributed by atoms with Crippen LogP contribution >= 0.6 is 0 Å². The van der Waals surface area contributed by atoms with Gasteiger partial charge < -0.3 is 9.16 Å². The van der Waals surface area contributed by atoms with Gasteiger partial charge in [-0.25, -0.2) is 0 Å². The van der Waals surface area contributed by atoms with Crippen molar-refractivity contribution in [3.8, 4) is 0 Å². The average Bonchev–Trinajstić information content (AvgIpc) is 1.94. The summed E-state index contributed by atoms with van der Waals surface area (Å²) < 4.78 is 11.0. The van der Waals surface area contributed by atoms with Crippen LogP contribution in [0.2, 0.25) is 19.6 Å². The zero-order valence-electron chi connectivity index (χ0n) is 8.85. The van der Waals surface area contributed by atoms with Crippen LogP contribution in [0.5, 0.6) is 0 Å². The topological polar surface area (TPSA) is 18.5 Å². The zero-order valence-corrected chi connectivity index (χ0v) is 9.85. The van der Waals surface area contributed by atoms with Crippen molar-refractivity contribution in [2.75, 3.05) is 19.8 Å². The fourth-order valence-electron chi connectivity index (χ4n) is 0.755. The third kappa shape index (κ3) is 10.1. The van der Waals surface area contributed by atoms with Gasteiger partial charge >= 0.3 is 0 Å². The Bertz CT molecular complexity index is 99.2. The molecule has 0 radical (unpaired) electrons. The molecule has 0 bridgehead atoms. The molecule has 0 heterocycles. The van der Waals surface area contributed by atoms with Crippen LogP contribution in [-0.4, -0.2) is 28.1 Å². The van der Waals surface area contributed by atoms with Crippen molar-refractivity contribution >= 4 is 8.32 Å². The highest BCUT2D eigenvalue weighted by atomic mass is 28.4. The van der Waals surface area contributed by atoms with E-state index in [4.69, 9.17) is 9.16 Å². The summed E-state index contributed by atoms with van der Waals surface area (Å²) >= 11 is 0. The molecular weight excluding hydrogens is 168 g/mol. The van der Waals surface area contributed by atoms with Crippen LogP contribution in [0.4, 0.5) is 0 Å². The highest BCUT2D eigenvalue weighted by Crippen LogP contribution is 2.01. The second-order valence-electron chi connectivity index (χ2n) is 3.93. The van der Waals surface area contributed by atoms with Gasteiger partial charge in [-0.15, -0.1) is 0 Å². The van der Waals surface area contributed by atoms with Crippen LogP contribution in [0.15, 0.2) is 0 Å². The highest BCUT2D eigenvalue weighted by Gasteiger charge is 2.12. The van der Waals surface area contributed by atoms with Gasteiger partial charge in [-0.3, -0.25) is 0 Å². The van der Waals surface area contributed by atoms with Gasteiger partial charge in [0.25, 0.3) is 0 Å². The quantitative estimate of drug-likeness (QED) is 0.454. The third-order valence-corrected chi connectivity index (χ3v) is 2.48. The van der Waals surface area contributed by atoms with Crippen molar-refractivity contribution < 1.29 is 9.16 Å². The molecule has 74 valence electrons. The molecule has 0 aromatic heterocycles. The zero-order chi connectivity index (χ0) is 9.45. The summed E-state index contributed by atoms with van der Waals surface area (Å²) in [6.45, 7) is 11.1. The highest BCUT2D eigenvalue weighted by molar-refractivity contribution is 6.69. The normalized spacial score (nSPS) is 12.0. The van der Waals surface area contributed by atoms with Crippen molar-refractivity contribution in [2.45, 2.75) is 39.4 Å². The molecule has 0 spiro atoms. The standard InChI is InChI=1S/C9H22O2Si/c1-5-6-7-10-8-9-11-12(2,3)4/h5-9H2,1-4H3. The molecule has 0 N–H and O–H groups in total. The van der Waals surface area contributed by atoms with Crippen LogP contribution < -0.4 is 0 Å². The van der Waals surface area contributed by atoms with Crippen LogP contribution in [0.1, 0.15) is 19.8 Å². The summed E-state index contributed by atoms with van der Waals surface area (Å²) in [6.07, 6.45) is 2.36. The average molecular weight is 190 g/mol. The molecule has 0 amide bonds. The summed E-state index contributed by atoms with van der Waals surface area (Å²) in [5, 5.41) is 0. The predicted octanol–water partition coefficient (Wildman–Crippen LogP) is 2.65. The summed E-state index contributed by atoms with van der Waals surface area (Å²) in [5.74, 6) is 0. The molecule has 0 rings (SSSR count). The van der Waals surface area contributed by atoms with Gasteiger partial charge in [-0.05, 0) is 26.1 Å². The molecule has 0 aliphatic heterocycles. The Labute approximate surface area is 77.4 Å². The van der Waals surface area contributed by atoms with Crippen LogP contribution in [0.25, 0.3) is 0 Å². The lowest BCUT2D eigenvalue weighted by atomic mass is 10.4. The first-order valence-corrected chi connectivity index (χ1v) is 8.19. The van der Waals surface area contributed by atoms with E-state index in [-0.39, 0.29) is 0 Å². The van der Waals surface area contributed by atoms with E-state index in [1.54, 1.807) is 0 Å². The van der Waals surface area contributed by atoms with Gasteiger partial charge in [0.15, 0.2) is 8.32 Å². The summed E-state index contributed by atoms with van der Waals surface area (Å²) in [7, 11) is -1.31. The maximum absolute atomic E-state index is 5.62. The maximum atomic E-state index is 5.62. The van der Waals surface area contributed by atoms with Gasteiger partial charge in [0, 0.05) is 6.61 Å². The predicted molar refractivity (Wildman–Crippen MR) is 55.0 cm³/mol. The SMILES string of the molecule is CCCCOCCO[Si](C)(C)C. The molecule has 0 saturated heterocycles. The summed E-state index contributed by atoms with van der Waals surface area (Å²) in [4.78, 5) is 0. The fourth-order valence-corrected chi connectivity index (χ4v) is 1.45. The first-order valence-electron chi connectivity index (χ1n) is 4.78. The Hall–Kier alpha value is 0.137. The van der Waals surface area contributed by atoms with Crippen molar-refractivity contribution in [1.29, 1.82) is 0 Å². The minimum Gasteiger partial charge on any atom is -0.415 e. The van der Waals surface area contributed by atoms with Crippen molar-refractivity contribution in [3.63, 3.8) is 0 Å². The number of unbranched alkanes of at least 4 members (excludes halogenated alkanes) is 1. The lowest BCUT2D eigenvalue weighted by Crippen LogP contribution is -2.27. The Morgan fingerprint density at radius 3 is 2.17 bits per heavy atom. The van der Waals surface area contributed by atoms with Crippen LogP contribution in [-0.2, 0) is 9.16 Å². The largest absolute Gasteiger partial charge is 0.415 e. The molecule has 0 aliphatic carbocycles. The Morgan fingerprint density at radius 1 is 1.00 bits per heavy atom. The van der Waals surface area contributed by atoms with Gasteiger partial charge in [0.05, 0.1) is 13.2 Å². The van der Waals surface area contributed by atoms with Gasteiger partial charge in [0.1, 0.15) is 0 Å². The minimum absolute atomic E-state index is 0.754. The molecule has 0 saturated carbocycles. The maximum Gasteiger partial charge on any atom is 0.183 e. The van der Waals surface area contributed by atoms with E-state index in [1.165, 1.54) is 6.42 Å². The minimum atomic E-state index is -1.31. The van der Waals surface area contributed by atoms with E-state index < -0.39 is 8.32 Å². The molecule has 0 aliphatic rings. The van der Waals surface area contributed by atoms with E-state index in [9.17, 15) is 0 Å². The Kier molecular flexibility index (Phi) is 6.71. The molecule has 0 aromatic carbocycles. The van der Waals surface area contributed by atoms with Crippen molar-refractivity contribution in [1.82, 2.24) is 0 Å². The number of rotatable bonds is 7. The second kappa shape index (κ2) is 6.63. The third-order valence-electron chi connectivity index (χ3n) is 1.40. The molecule has 0 aromatic rings. The number of ether oxygens (including phenoxy) is 1. The van der Waals surface area contributed by atoms with E-state index in [1.807, 2.05) is 0 Å². The monoisotopic (exact) mass is 190 g/mol. The second-order valence-corrected chi connectivity index (χ2v) is 8.44. The van der Waals surface area contributed by atoms with E-state index in [2.05, 4.69) is 26.6 Å². The molecule has 0 fully saturated rings. The molecule has 3 heteroatoms. The summed E-state index contributed by atoms with van der Waals surface area (Å²) in [6, 6.07) is 0. The lowest BCUT2D eigenvalue weighted by Gasteiger charge is -2.16. The first kappa shape index (κ1) is 12.1. The molecule has 0 atom stereocenters.